The van der Waals surface area contributed by atoms with Gasteiger partial charge >= 0.3 is 0 Å². The van der Waals surface area contributed by atoms with Crippen molar-refractivity contribution in [3.63, 3.8) is 0 Å². The second kappa shape index (κ2) is 8.57. The highest BCUT2D eigenvalue weighted by Gasteiger charge is 2.26. The Morgan fingerprint density at radius 3 is 2.57 bits per heavy atom. The predicted octanol–water partition coefficient (Wildman–Crippen LogP) is 2.86. The maximum absolute atomic E-state index is 13.0. The lowest BCUT2D eigenvalue weighted by Crippen LogP contribution is -2.36. The standard InChI is InChI=1S/C22H27N3O4S/c1-15-7-8-16(2)20(12-15)23-22(27)14-24(4)30(28,29)19-9-10-21-18(13-19)6-5-11-25(21)17(3)26/h7-10,12-13H,5-6,11,14H2,1-4H3,(H,23,27). The molecule has 7 nitrogen and oxygen atoms in total. The molecule has 1 aliphatic rings. The minimum atomic E-state index is -3.85. The first-order valence-corrected chi connectivity index (χ1v) is 11.3. The summed E-state index contributed by atoms with van der Waals surface area (Å²) < 4.78 is 27.1. The molecule has 2 aromatic carbocycles. The number of nitrogens with zero attached hydrogens (tertiary/aromatic N) is 2. The van der Waals surface area contributed by atoms with Gasteiger partial charge in [-0.15, -0.1) is 0 Å². The van der Waals surface area contributed by atoms with E-state index in [4.69, 9.17) is 0 Å². The number of hydrogen-bond donors (Lipinski definition) is 1. The Morgan fingerprint density at radius 2 is 1.87 bits per heavy atom. The van der Waals surface area contributed by atoms with Crippen LogP contribution in [0.4, 0.5) is 11.4 Å². The van der Waals surface area contributed by atoms with Crippen LogP contribution in [0, 0.1) is 13.8 Å². The van der Waals surface area contributed by atoms with Gasteiger partial charge in [-0.2, -0.15) is 4.31 Å². The maximum atomic E-state index is 13.0. The van der Waals surface area contributed by atoms with Crippen molar-refractivity contribution in [3.05, 3.63) is 53.1 Å². The van der Waals surface area contributed by atoms with E-state index in [0.717, 1.165) is 33.1 Å². The van der Waals surface area contributed by atoms with Crippen LogP contribution in [-0.2, 0) is 26.0 Å². The van der Waals surface area contributed by atoms with E-state index in [1.807, 2.05) is 32.0 Å². The van der Waals surface area contributed by atoms with Gasteiger partial charge < -0.3 is 10.2 Å². The first-order valence-electron chi connectivity index (χ1n) is 9.84. The van der Waals surface area contributed by atoms with Crippen molar-refractivity contribution in [2.75, 3.05) is 30.4 Å². The van der Waals surface area contributed by atoms with Crippen LogP contribution in [0.1, 0.15) is 30.0 Å². The minimum absolute atomic E-state index is 0.0632. The fourth-order valence-electron chi connectivity index (χ4n) is 3.59. The normalized spacial score (nSPS) is 13.8. The fraction of sp³-hybridized carbons (Fsp3) is 0.364. The molecule has 0 fully saturated rings. The lowest BCUT2D eigenvalue weighted by Gasteiger charge is -2.29. The van der Waals surface area contributed by atoms with Gasteiger partial charge in [0.1, 0.15) is 0 Å². The molecule has 30 heavy (non-hydrogen) atoms. The van der Waals surface area contributed by atoms with E-state index >= 15 is 0 Å². The number of hydrogen-bond acceptors (Lipinski definition) is 4. The highest BCUT2D eigenvalue weighted by atomic mass is 32.2. The van der Waals surface area contributed by atoms with E-state index in [0.29, 0.717) is 18.7 Å². The molecule has 0 saturated carbocycles. The van der Waals surface area contributed by atoms with Crippen molar-refractivity contribution in [2.45, 2.75) is 38.5 Å². The van der Waals surface area contributed by atoms with Crippen LogP contribution in [0.15, 0.2) is 41.3 Å². The van der Waals surface area contributed by atoms with Crippen molar-refractivity contribution in [1.29, 1.82) is 0 Å². The monoisotopic (exact) mass is 429 g/mol. The third-order valence-corrected chi connectivity index (χ3v) is 7.09. The highest BCUT2D eigenvalue weighted by Crippen LogP contribution is 2.30. The van der Waals surface area contributed by atoms with E-state index in [1.54, 1.807) is 17.0 Å². The summed E-state index contributed by atoms with van der Waals surface area (Å²) in [6.07, 6.45) is 1.49. The third-order valence-electron chi connectivity index (χ3n) is 5.29. The Morgan fingerprint density at radius 1 is 1.13 bits per heavy atom. The summed E-state index contributed by atoms with van der Waals surface area (Å²) in [5, 5.41) is 2.78. The van der Waals surface area contributed by atoms with Crippen molar-refractivity contribution in [2.24, 2.45) is 0 Å². The van der Waals surface area contributed by atoms with Gasteiger partial charge in [0.25, 0.3) is 0 Å². The topological polar surface area (TPSA) is 86.8 Å². The van der Waals surface area contributed by atoms with Crippen LogP contribution >= 0.6 is 0 Å². The molecule has 0 aliphatic carbocycles. The van der Waals surface area contributed by atoms with Crippen LogP contribution in [0.5, 0.6) is 0 Å². The number of likely N-dealkylation sites (N-methyl/N-ethyl adjacent to an activating group) is 1. The predicted molar refractivity (Wildman–Crippen MR) is 117 cm³/mol. The molecule has 160 valence electrons. The second-order valence-electron chi connectivity index (χ2n) is 7.69. The number of anilines is 2. The van der Waals surface area contributed by atoms with Gasteiger partial charge in [-0.05, 0) is 67.6 Å². The molecular weight excluding hydrogens is 402 g/mol. The van der Waals surface area contributed by atoms with Crippen LogP contribution in [0.2, 0.25) is 0 Å². The van der Waals surface area contributed by atoms with Gasteiger partial charge in [0.2, 0.25) is 21.8 Å². The van der Waals surface area contributed by atoms with Gasteiger partial charge in [0.15, 0.2) is 0 Å². The molecule has 0 bridgehead atoms. The van der Waals surface area contributed by atoms with Crippen LogP contribution < -0.4 is 10.2 Å². The summed E-state index contributed by atoms with van der Waals surface area (Å²) in [6.45, 7) is 5.64. The number of amides is 2. The maximum Gasteiger partial charge on any atom is 0.243 e. The van der Waals surface area contributed by atoms with Gasteiger partial charge in [0.05, 0.1) is 11.4 Å². The van der Waals surface area contributed by atoms with Gasteiger partial charge in [-0.1, -0.05) is 12.1 Å². The molecule has 3 rings (SSSR count). The zero-order chi connectivity index (χ0) is 22.1. The van der Waals surface area contributed by atoms with Gasteiger partial charge in [-0.3, -0.25) is 9.59 Å². The van der Waals surface area contributed by atoms with Crippen molar-refractivity contribution in [3.8, 4) is 0 Å². The van der Waals surface area contributed by atoms with E-state index in [1.165, 1.54) is 20.0 Å². The van der Waals surface area contributed by atoms with Crippen LogP contribution in [0.3, 0.4) is 0 Å². The van der Waals surface area contributed by atoms with E-state index in [9.17, 15) is 18.0 Å². The zero-order valence-corrected chi connectivity index (χ0v) is 18.5. The zero-order valence-electron chi connectivity index (χ0n) is 17.7. The number of fused-ring (bicyclic) bond motifs is 1. The average molecular weight is 430 g/mol. The lowest BCUT2D eigenvalue weighted by atomic mass is 10.0. The molecule has 0 spiro atoms. The Balaban J connectivity index is 1.77. The van der Waals surface area contributed by atoms with E-state index < -0.39 is 15.9 Å². The molecule has 0 saturated heterocycles. The number of benzene rings is 2. The minimum Gasteiger partial charge on any atom is -0.325 e. The smallest absolute Gasteiger partial charge is 0.243 e. The van der Waals surface area contributed by atoms with Crippen molar-refractivity contribution >= 4 is 33.2 Å². The third kappa shape index (κ3) is 4.55. The highest BCUT2D eigenvalue weighted by molar-refractivity contribution is 7.89. The number of rotatable bonds is 5. The number of carbonyl (C=O) groups is 2. The molecule has 0 unspecified atom stereocenters. The van der Waals surface area contributed by atoms with Crippen LogP contribution in [0.25, 0.3) is 0 Å². The summed E-state index contributed by atoms with van der Waals surface area (Å²) in [7, 11) is -2.46. The summed E-state index contributed by atoms with van der Waals surface area (Å²) in [5.74, 6) is -0.470. The average Bonchev–Trinajstić information content (AvgIpc) is 2.69. The lowest BCUT2D eigenvalue weighted by molar-refractivity contribution is -0.117. The van der Waals surface area contributed by atoms with E-state index in [-0.39, 0.29) is 17.3 Å². The molecule has 0 radical (unpaired) electrons. The Kier molecular flexibility index (Phi) is 6.28. The molecule has 0 atom stereocenters. The molecule has 1 N–H and O–H groups in total. The second-order valence-corrected chi connectivity index (χ2v) is 9.74. The molecule has 2 amide bonds. The quantitative estimate of drug-likeness (QED) is 0.792. The first kappa shape index (κ1) is 22.0. The Labute approximate surface area is 177 Å². The summed E-state index contributed by atoms with van der Waals surface area (Å²) in [5.41, 5.74) is 4.16. The fourth-order valence-corrected chi connectivity index (χ4v) is 4.77. The molecule has 2 aromatic rings. The molecule has 0 aromatic heterocycles. The van der Waals surface area contributed by atoms with Crippen LogP contribution in [-0.4, -0.2) is 44.7 Å². The molecular formula is C22H27N3O4S. The number of nitrogens with one attached hydrogen (secondary N) is 1. The Hall–Kier alpha value is -2.71. The Bertz CT molecular complexity index is 1100. The number of carbonyl (C=O) groups excluding carboxylic acids is 2. The molecule has 8 heteroatoms. The summed E-state index contributed by atoms with van der Waals surface area (Å²) in [6, 6.07) is 10.5. The summed E-state index contributed by atoms with van der Waals surface area (Å²) >= 11 is 0. The molecule has 1 aliphatic heterocycles. The number of sulfonamides is 1. The number of aryl methyl sites for hydroxylation is 3. The van der Waals surface area contributed by atoms with E-state index in [2.05, 4.69) is 5.32 Å². The first-order chi connectivity index (χ1) is 14.1. The van der Waals surface area contributed by atoms with Gasteiger partial charge in [0, 0.05) is 31.9 Å². The summed E-state index contributed by atoms with van der Waals surface area (Å²) in [4.78, 5) is 26.1. The largest absolute Gasteiger partial charge is 0.325 e. The molecule has 1 heterocycles. The van der Waals surface area contributed by atoms with Crippen molar-refractivity contribution in [1.82, 2.24) is 4.31 Å². The van der Waals surface area contributed by atoms with Gasteiger partial charge in [-0.25, -0.2) is 8.42 Å². The SMILES string of the molecule is CC(=O)N1CCCc2cc(S(=O)(=O)N(C)CC(=O)Nc3cc(C)ccc3C)ccc21. The van der Waals surface area contributed by atoms with Crippen molar-refractivity contribution < 1.29 is 18.0 Å².